The van der Waals surface area contributed by atoms with E-state index in [1.165, 1.54) is 12.1 Å². The summed E-state index contributed by atoms with van der Waals surface area (Å²) in [5, 5.41) is 0. The lowest BCUT2D eigenvalue weighted by molar-refractivity contribution is -0.137. The molecule has 0 aliphatic carbocycles. The van der Waals surface area contributed by atoms with Crippen LogP contribution in [0.15, 0.2) is 72.8 Å². The number of halogens is 3. The molecule has 0 radical (unpaired) electrons. The Morgan fingerprint density at radius 1 is 0.771 bits per heavy atom. The molecule has 3 aromatic rings. The van der Waals surface area contributed by atoms with Crippen molar-refractivity contribution in [2.24, 2.45) is 0 Å². The van der Waals surface area contributed by atoms with Crippen molar-refractivity contribution in [1.29, 1.82) is 0 Å². The van der Waals surface area contributed by atoms with Gasteiger partial charge < -0.3 is 9.47 Å². The number of alkyl halides is 3. The van der Waals surface area contributed by atoms with E-state index in [1.54, 1.807) is 12.1 Å². The Balaban J connectivity index is 1.71. The van der Waals surface area contributed by atoms with Gasteiger partial charge >= 0.3 is 12.1 Å². The molecule has 0 saturated heterocycles. The van der Waals surface area contributed by atoms with Crippen LogP contribution in [0.1, 0.15) is 74.5 Å². The lowest BCUT2D eigenvalue weighted by Gasteiger charge is -2.28. The minimum atomic E-state index is -4.53. The average Bonchev–Trinajstić information content (AvgIpc) is 2.79. The van der Waals surface area contributed by atoms with Gasteiger partial charge in [0, 0.05) is 5.41 Å². The Labute approximate surface area is 204 Å². The number of carbonyl (C=O) groups excluding carboxylic acids is 1. The van der Waals surface area contributed by atoms with Gasteiger partial charge in [-0.2, -0.15) is 13.2 Å². The molecule has 0 unspecified atom stereocenters. The maximum atomic E-state index is 12.9. The van der Waals surface area contributed by atoms with E-state index in [0.717, 1.165) is 41.9 Å². The van der Waals surface area contributed by atoms with Crippen molar-refractivity contribution in [3.63, 3.8) is 0 Å². The van der Waals surface area contributed by atoms with Crippen LogP contribution in [-0.4, -0.2) is 11.6 Å². The molecule has 0 bridgehead atoms. The molecule has 0 saturated carbocycles. The van der Waals surface area contributed by atoms with Gasteiger partial charge in [-0.25, -0.2) is 4.79 Å². The number of rotatable bonds is 8. The first-order valence-corrected chi connectivity index (χ1v) is 11.6. The van der Waals surface area contributed by atoms with Gasteiger partial charge in [-0.1, -0.05) is 57.5 Å². The number of hydrogen-bond acceptors (Lipinski definition) is 3. The SMILES string of the molecule is CCCC(C)(C)Oc1ccc(C(C)(C)c2ccc(OC(=O)c3cccc(C(F)(F)F)c3)cc2)cc1. The summed E-state index contributed by atoms with van der Waals surface area (Å²) in [5.74, 6) is 0.235. The van der Waals surface area contributed by atoms with Gasteiger partial charge in [0.05, 0.1) is 11.1 Å². The Morgan fingerprint density at radius 3 is 1.83 bits per heavy atom. The molecule has 186 valence electrons. The summed E-state index contributed by atoms with van der Waals surface area (Å²) in [7, 11) is 0. The zero-order chi connectivity index (χ0) is 25.9. The van der Waals surface area contributed by atoms with E-state index in [2.05, 4.69) is 34.6 Å². The van der Waals surface area contributed by atoms with E-state index in [0.29, 0.717) is 0 Å². The van der Waals surface area contributed by atoms with E-state index in [1.807, 2.05) is 36.4 Å². The quantitative estimate of drug-likeness (QED) is 0.239. The molecule has 0 spiro atoms. The summed E-state index contributed by atoms with van der Waals surface area (Å²) < 4.78 is 50.2. The molecule has 0 aromatic heterocycles. The van der Waals surface area contributed by atoms with Crippen LogP contribution >= 0.6 is 0 Å². The van der Waals surface area contributed by atoms with Crippen LogP contribution < -0.4 is 9.47 Å². The van der Waals surface area contributed by atoms with Crippen molar-refractivity contribution < 1.29 is 27.4 Å². The van der Waals surface area contributed by atoms with Crippen LogP contribution in [0.2, 0.25) is 0 Å². The molecular weight excluding hydrogens is 453 g/mol. The van der Waals surface area contributed by atoms with Crippen LogP contribution in [0, 0.1) is 0 Å². The van der Waals surface area contributed by atoms with Gasteiger partial charge in [0.1, 0.15) is 17.1 Å². The zero-order valence-electron chi connectivity index (χ0n) is 20.7. The molecule has 0 heterocycles. The first kappa shape index (κ1) is 26.3. The molecule has 0 atom stereocenters. The van der Waals surface area contributed by atoms with E-state index in [4.69, 9.17) is 9.47 Å². The maximum Gasteiger partial charge on any atom is 0.416 e. The summed E-state index contributed by atoms with van der Waals surface area (Å²) in [4.78, 5) is 12.4. The van der Waals surface area contributed by atoms with Gasteiger partial charge in [-0.15, -0.1) is 0 Å². The summed E-state index contributed by atoms with van der Waals surface area (Å²) in [5.41, 5.74) is 0.472. The lowest BCUT2D eigenvalue weighted by atomic mass is 9.78. The Hall–Kier alpha value is -3.28. The molecule has 0 aliphatic heterocycles. The monoisotopic (exact) mass is 484 g/mol. The fraction of sp³-hybridized carbons (Fsp3) is 0.345. The van der Waals surface area contributed by atoms with Gasteiger partial charge in [-0.05, 0) is 73.9 Å². The van der Waals surface area contributed by atoms with E-state index in [-0.39, 0.29) is 22.3 Å². The first-order chi connectivity index (χ1) is 16.3. The summed E-state index contributed by atoms with van der Waals surface area (Å²) in [6.07, 6.45) is -2.52. The Kier molecular flexibility index (Phi) is 7.63. The third-order valence-corrected chi connectivity index (χ3v) is 6.03. The van der Waals surface area contributed by atoms with Crippen molar-refractivity contribution in [2.45, 2.75) is 64.7 Å². The topological polar surface area (TPSA) is 35.5 Å². The number of hydrogen-bond donors (Lipinski definition) is 0. The predicted molar refractivity (Wildman–Crippen MR) is 131 cm³/mol. The number of carbonyl (C=O) groups is 1. The summed E-state index contributed by atoms with van der Waals surface area (Å²) in [6, 6.07) is 19.2. The standard InChI is InChI=1S/C29H31F3O3/c1-6-18-27(2,3)35-25-16-12-22(13-17-25)28(4,5)21-10-14-24(15-11-21)34-26(33)20-8-7-9-23(19-20)29(30,31)32/h7-17,19H,6,18H2,1-5H3. The van der Waals surface area contributed by atoms with Crippen LogP contribution in [-0.2, 0) is 11.6 Å². The highest BCUT2D eigenvalue weighted by Gasteiger charge is 2.31. The van der Waals surface area contributed by atoms with Crippen molar-refractivity contribution >= 4 is 5.97 Å². The maximum absolute atomic E-state index is 12.9. The van der Waals surface area contributed by atoms with Crippen LogP contribution in [0.4, 0.5) is 13.2 Å². The van der Waals surface area contributed by atoms with Crippen LogP contribution in [0.3, 0.4) is 0 Å². The van der Waals surface area contributed by atoms with Crippen LogP contribution in [0.25, 0.3) is 0 Å². The Bertz CT molecular complexity index is 1150. The minimum Gasteiger partial charge on any atom is -0.488 e. The smallest absolute Gasteiger partial charge is 0.416 e. The minimum absolute atomic E-state index is 0.159. The van der Waals surface area contributed by atoms with Crippen molar-refractivity contribution in [1.82, 2.24) is 0 Å². The Morgan fingerprint density at radius 2 is 1.31 bits per heavy atom. The molecule has 35 heavy (non-hydrogen) atoms. The second kappa shape index (κ2) is 10.1. The average molecular weight is 485 g/mol. The van der Waals surface area contributed by atoms with Gasteiger partial charge in [-0.3, -0.25) is 0 Å². The highest BCUT2D eigenvalue weighted by Crippen LogP contribution is 2.34. The molecule has 3 nitrogen and oxygen atoms in total. The van der Waals surface area contributed by atoms with Gasteiger partial charge in [0.15, 0.2) is 0 Å². The molecule has 0 fully saturated rings. The summed E-state index contributed by atoms with van der Waals surface area (Å²) in [6.45, 7) is 10.5. The molecule has 3 rings (SSSR count). The number of esters is 1. The predicted octanol–water partition coefficient (Wildman–Crippen LogP) is 8.21. The highest BCUT2D eigenvalue weighted by molar-refractivity contribution is 5.91. The second-order valence-corrected chi connectivity index (χ2v) is 9.75. The fourth-order valence-corrected chi connectivity index (χ4v) is 4.01. The third kappa shape index (κ3) is 6.65. The third-order valence-electron chi connectivity index (χ3n) is 6.03. The fourth-order valence-electron chi connectivity index (χ4n) is 4.01. The molecule has 0 N–H and O–H groups in total. The zero-order valence-corrected chi connectivity index (χ0v) is 20.7. The van der Waals surface area contributed by atoms with E-state index in [9.17, 15) is 18.0 Å². The highest BCUT2D eigenvalue weighted by atomic mass is 19.4. The van der Waals surface area contributed by atoms with E-state index < -0.39 is 17.7 Å². The lowest BCUT2D eigenvalue weighted by Crippen LogP contribution is -2.27. The van der Waals surface area contributed by atoms with Crippen molar-refractivity contribution in [3.05, 3.63) is 95.1 Å². The molecular formula is C29H31F3O3. The van der Waals surface area contributed by atoms with E-state index >= 15 is 0 Å². The molecule has 0 aliphatic rings. The normalized spacial score (nSPS) is 12.3. The van der Waals surface area contributed by atoms with Gasteiger partial charge in [0.2, 0.25) is 0 Å². The van der Waals surface area contributed by atoms with Crippen molar-refractivity contribution in [2.75, 3.05) is 0 Å². The second-order valence-electron chi connectivity index (χ2n) is 9.75. The molecule has 0 amide bonds. The first-order valence-electron chi connectivity index (χ1n) is 11.6. The molecule has 3 aromatic carbocycles. The number of ether oxygens (including phenoxy) is 2. The van der Waals surface area contributed by atoms with Crippen LogP contribution in [0.5, 0.6) is 11.5 Å². The largest absolute Gasteiger partial charge is 0.488 e. The van der Waals surface area contributed by atoms with Crippen molar-refractivity contribution in [3.8, 4) is 11.5 Å². The number of benzene rings is 3. The summed E-state index contributed by atoms with van der Waals surface area (Å²) >= 11 is 0. The molecule has 6 heteroatoms. The van der Waals surface area contributed by atoms with Gasteiger partial charge in [0.25, 0.3) is 0 Å².